The van der Waals surface area contributed by atoms with Gasteiger partial charge in [0.2, 0.25) is 0 Å². The first kappa shape index (κ1) is 12.8. The van der Waals surface area contributed by atoms with Crippen LogP contribution in [-0.2, 0) is 6.54 Å². The van der Waals surface area contributed by atoms with Gasteiger partial charge in [-0.3, -0.25) is 4.68 Å². The van der Waals surface area contributed by atoms with Crippen LogP contribution < -0.4 is 5.32 Å². The molecular formula is C14H20N4. The molecule has 0 spiro atoms. The van der Waals surface area contributed by atoms with E-state index in [1.165, 1.54) is 11.1 Å². The maximum absolute atomic E-state index is 4.17. The zero-order valence-electron chi connectivity index (χ0n) is 11.0. The first-order valence-corrected chi connectivity index (χ1v) is 6.42. The Labute approximate surface area is 108 Å². The minimum Gasteiger partial charge on any atom is -0.308 e. The molecule has 2 rings (SSSR count). The Bertz CT molecular complexity index is 447. The van der Waals surface area contributed by atoms with Crippen LogP contribution in [0, 0.1) is 6.92 Å². The summed E-state index contributed by atoms with van der Waals surface area (Å²) in [4.78, 5) is 3.99. The van der Waals surface area contributed by atoms with E-state index in [1.807, 2.05) is 4.68 Å². The fraction of sp³-hybridized carbons (Fsp3) is 0.429. The van der Waals surface area contributed by atoms with Crippen LogP contribution in [0.1, 0.15) is 30.5 Å². The number of nitrogens with zero attached hydrogens (tertiary/aromatic N) is 3. The standard InChI is InChI=1S/C14H20N4/c1-3-8-16-14(9-18-11-15-10-17-18)13-6-4-12(2)5-7-13/h4-7,10-11,14,16H,3,8-9H2,1-2H3. The maximum Gasteiger partial charge on any atom is 0.137 e. The van der Waals surface area contributed by atoms with Crippen LogP contribution >= 0.6 is 0 Å². The van der Waals surface area contributed by atoms with Gasteiger partial charge in [0.05, 0.1) is 12.6 Å². The summed E-state index contributed by atoms with van der Waals surface area (Å²) >= 11 is 0. The highest BCUT2D eigenvalue weighted by molar-refractivity contribution is 5.24. The van der Waals surface area contributed by atoms with E-state index in [4.69, 9.17) is 0 Å². The van der Waals surface area contributed by atoms with Gasteiger partial charge in [-0.25, -0.2) is 4.98 Å². The van der Waals surface area contributed by atoms with Crippen molar-refractivity contribution in [1.29, 1.82) is 0 Å². The van der Waals surface area contributed by atoms with E-state index in [1.54, 1.807) is 12.7 Å². The summed E-state index contributed by atoms with van der Waals surface area (Å²) in [5.41, 5.74) is 2.58. The number of aromatic nitrogens is 3. The van der Waals surface area contributed by atoms with Crippen LogP contribution in [0.2, 0.25) is 0 Å². The molecule has 0 bridgehead atoms. The lowest BCUT2D eigenvalue weighted by molar-refractivity contribution is 0.438. The second kappa shape index (κ2) is 6.31. The number of hydrogen-bond acceptors (Lipinski definition) is 3. The van der Waals surface area contributed by atoms with Gasteiger partial charge < -0.3 is 5.32 Å². The molecule has 0 radical (unpaired) electrons. The van der Waals surface area contributed by atoms with Crippen molar-refractivity contribution in [2.45, 2.75) is 32.9 Å². The van der Waals surface area contributed by atoms with Crippen LogP contribution in [0.3, 0.4) is 0 Å². The van der Waals surface area contributed by atoms with Crippen LogP contribution in [0.25, 0.3) is 0 Å². The molecular weight excluding hydrogens is 224 g/mol. The quantitative estimate of drug-likeness (QED) is 0.848. The van der Waals surface area contributed by atoms with Crippen molar-refractivity contribution in [3.63, 3.8) is 0 Å². The van der Waals surface area contributed by atoms with Crippen molar-refractivity contribution in [2.24, 2.45) is 0 Å². The normalized spacial score (nSPS) is 12.6. The highest BCUT2D eigenvalue weighted by atomic mass is 15.3. The van der Waals surface area contributed by atoms with E-state index in [0.717, 1.165) is 19.5 Å². The Balaban J connectivity index is 2.11. The van der Waals surface area contributed by atoms with E-state index >= 15 is 0 Å². The second-order valence-electron chi connectivity index (χ2n) is 4.53. The number of benzene rings is 1. The molecule has 96 valence electrons. The number of rotatable bonds is 6. The lowest BCUT2D eigenvalue weighted by atomic mass is 10.1. The number of nitrogens with one attached hydrogen (secondary N) is 1. The fourth-order valence-corrected chi connectivity index (χ4v) is 1.92. The molecule has 0 aliphatic heterocycles. The van der Waals surface area contributed by atoms with Crippen molar-refractivity contribution in [2.75, 3.05) is 6.54 Å². The zero-order chi connectivity index (χ0) is 12.8. The summed E-state index contributed by atoms with van der Waals surface area (Å²) in [6.07, 6.45) is 4.46. The average Bonchev–Trinajstić information content (AvgIpc) is 2.88. The molecule has 1 atom stereocenters. The summed E-state index contributed by atoms with van der Waals surface area (Å²) in [5, 5.41) is 7.73. The smallest absolute Gasteiger partial charge is 0.137 e. The third kappa shape index (κ3) is 3.40. The molecule has 0 saturated heterocycles. The Morgan fingerprint density at radius 1 is 1.28 bits per heavy atom. The first-order chi connectivity index (χ1) is 8.79. The van der Waals surface area contributed by atoms with Gasteiger partial charge in [-0.15, -0.1) is 0 Å². The zero-order valence-corrected chi connectivity index (χ0v) is 11.0. The van der Waals surface area contributed by atoms with Crippen molar-refractivity contribution in [3.05, 3.63) is 48.0 Å². The summed E-state index contributed by atoms with van der Waals surface area (Å²) < 4.78 is 1.87. The fourth-order valence-electron chi connectivity index (χ4n) is 1.92. The van der Waals surface area contributed by atoms with Gasteiger partial charge in [-0.1, -0.05) is 36.8 Å². The van der Waals surface area contributed by atoms with Crippen LogP contribution in [0.4, 0.5) is 0 Å². The van der Waals surface area contributed by atoms with Gasteiger partial charge >= 0.3 is 0 Å². The molecule has 0 aliphatic carbocycles. The molecule has 1 aromatic heterocycles. The Morgan fingerprint density at radius 2 is 2.06 bits per heavy atom. The molecule has 0 aliphatic rings. The van der Waals surface area contributed by atoms with Crippen molar-refractivity contribution >= 4 is 0 Å². The molecule has 1 unspecified atom stereocenters. The summed E-state index contributed by atoms with van der Waals surface area (Å²) in [6.45, 7) is 6.10. The molecule has 0 saturated carbocycles. The molecule has 2 aromatic rings. The third-order valence-electron chi connectivity index (χ3n) is 2.96. The monoisotopic (exact) mass is 244 g/mol. The lowest BCUT2D eigenvalue weighted by Gasteiger charge is -2.19. The summed E-state index contributed by atoms with van der Waals surface area (Å²) in [7, 11) is 0. The molecule has 1 aromatic carbocycles. The molecule has 1 N–H and O–H groups in total. The van der Waals surface area contributed by atoms with Crippen molar-refractivity contribution < 1.29 is 0 Å². The molecule has 4 heteroatoms. The van der Waals surface area contributed by atoms with Gasteiger partial charge in [-0.2, -0.15) is 5.10 Å². The summed E-state index contributed by atoms with van der Waals surface area (Å²) in [5.74, 6) is 0. The molecule has 0 fully saturated rings. The van der Waals surface area contributed by atoms with E-state index in [2.05, 4.69) is 53.5 Å². The van der Waals surface area contributed by atoms with Gasteiger partial charge in [0, 0.05) is 0 Å². The third-order valence-corrected chi connectivity index (χ3v) is 2.96. The highest BCUT2D eigenvalue weighted by Gasteiger charge is 2.11. The molecule has 18 heavy (non-hydrogen) atoms. The number of hydrogen-bond donors (Lipinski definition) is 1. The predicted octanol–water partition coefficient (Wildman–Crippen LogP) is 2.33. The Kier molecular flexibility index (Phi) is 4.47. The van der Waals surface area contributed by atoms with Gasteiger partial charge in [0.1, 0.15) is 12.7 Å². The van der Waals surface area contributed by atoms with Gasteiger partial charge in [0.25, 0.3) is 0 Å². The predicted molar refractivity (Wildman–Crippen MR) is 72.2 cm³/mol. The van der Waals surface area contributed by atoms with Gasteiger partial charge in [-0.05, 0) is 25.5 Å². The maximum atomic E-state index is 4.17. The second-order valence-corrected chi connectivity index (χ2v) is 4.53. The van der Waals surface area contributed by atoms with E-state index in [-0.39, 0.29) is 6.04 Å². The van der Waals surface area contributed by atoms with E-state index in [9.17, 15) is 0 Å². The Hall–Kier alpha value is -1.68. The first-order valence-electron chi connectivity index (χ1n) is 6.42. The van der Waals surface area contributed by atoms with Crippen molar-refractivity contribution in [3.8, 4) is 0 Å². The minimum absolute atomic E-state index is 0.284. The van der Waals surface area contributed by atoms with Crippen LogP contribution in [0.15, 0.2) is 36.9 Å². The van der Waals surface area contributed by atoms with Crippen LogP contribution in [-0.4, -0.2) is 21.3 Å². The summed E-state index contributed by atoms with van der Waals surface area (Å²) in [6, 6.07) is 8.94. The molecule has 0 amide bonds. The average molecular weight is 244 g/mol. The topological polar surface area (TPSA) is 42.7 Å². The lowest BCUT2D eigenvalue weighted by Crippen LogP contribution is -2.26. The largest absolute Gasteiger partial charge is 0.308 e. The Morgan fingerprint density at radius 3 is 2.67 bits per heavy atom. The van der Waals surface area contributed by atoms with Crippen LogP contribution in [0.5, 0.6) is 0 Å². The van der Waals surface area contributed by atoms with E-state index < -0.39 is 0 Å². The highest BCUT2D eigenvalue weighted by Crippen LogP contribution is 2.15. The molecule has 4 nitrogen and oxygen atoms in total. The van der Waals surface area contributed by atoms with Crippen molar-refractivity contribution in [1.82, 2.24) is 20.1 Å². The number of aryl methyl sites for hydroxylation is 1. The van der Waals surface area contributed by atoms with Gasteiger partial charge in [0.15, 0.2) is 0 Å². The molecule has 1 heterocycles. The minimum atomic E-state index is 0.284. The SMILES string of the molecule is CCCNC(Cn1cncn1)c1ccc(C)cc1. The van der Waals surface area contributed by atoms with E-state index in [0.29, 0.717) is 0 Å².